The Bertz CT molecular complexity index is 473. The van der Waals surface area contributed by atoms with Gasteiger partial charge < -0.3 is 10.4 Å². The third kappa shape index (κ3) is 3.67. The maximum atomic E-state index is 12.1. The fourth-order valence-electron chi connectivity index (χ4n) is 2.00. The van der Waals surface area contributed by atoms with Gasteiger partial charge in [-0.05, 0) is 31.4 Å². The normalized spacial score (nSPS) is 16.2. The van der Waals surface area contributed by atoms with Crippen LogP contribution in [0.3, 0.4) is 0 Å². The lowest BCUT2D eigenvalue weighted by molar-refractivity contribution is 0.0935. The summed E-state index contributed by atoms with van der Waals surface area (Å²) in [6, 6.07) is 3.36. The number of aliphatic hydroxyl groups excluding tert-OH is 1. The van der Waals surface area contributed by atoms with Crippen molar-refractivity contribution in [3.05, 3.63) is 28.5 Å². The van der Waals surface area contributed by atoms with Crippen molar-refractivity contribution in [2.75, 3.05) is 13.2 Å². The number of amides is 1. The molecule has 1 aromatic heterocycles. The number of carbonyl (C=O) groups is 1. The molecule has 0 spiro atoms. The zero-order valence-electron chi connectivity index (χ0n) is 11.1. The van der Waals surface area contributed by atoms with E-state index < -0.39 is 0 Å². The Kier molecular flexibility index (Phi) is 4.42. The predicted molar refractivity (Wildman–Crippen MR) is 74.3 cm³/mol. The highest BCUT2D eigenvalue weighted by molar-refractivity contribution is 6.29. The number of aromatic nitrogens is 1. The molecule has 0 bridgehead atoms. The quantitative estimate of drug-likeness (QED) is 0.786. The second-order valence-electron chi connectivity index (χ2n) is 5.26. The Hall–Kier alpha value is -1.13. The molecule has 4 nitrogen and oxygen atoms in total. The van der Waals surface area contributed by atoms with Gasteiger partial charge in [0.05, 0.1) is 6.61 Å². The maximum Gasteiger partial charge on any atom is 0.251 e. The molecule has 1 aromatic rings. The van der Waals surface area contributed by atoms with Gasteiger partial charge in [0.15, 0.2) is 0 Å². The first kappa shape index (κ1) is 14.3. The molecule has 1 aliphatic rings. The zero-order chi connectivity index (χ0) is 13.9. The second-order valence-corrected chi connectivity index (χ2v) is 5.65. The van der Waals surface area contributed by atoms with Gasteiger partial charge in [0, 0.05) is 23.2 Å². The Morgan fingerprint density at radius 3 is 2.84 bits per heavy atom. The van der Waals surface area contributed by atoms with Crippen LogP contribution in [0.5, 0.6) is 0 Å². The number of carbonyl (C=O) groups excluding carboxylic acids is 1. The molecule has 0 aliphatic heterocycles. The van der Waals surface area contributed by atoms with Crippen LogP contribution in [0.25, 0.3) is 0 Å². The van der Waals surface area contributed by atoms with Crippen LogP contribution in [0, 0.1) is 5.41 Å². The van der Waals surface area contributed by atoms with E-state index >= 15 is 0 Å². The van der Waals surface area contributed by atoms with Crippen molar-refractivity contribution in [2.45, 2.75) is 32.6 Å². The summed E-state index contributed by atoms with van der Waals surface area (Å²) >= 11 is 5.93. The molecule has 2 N–H and O–H groups in total. The molecule has 1 fully saturated rings. The number of halogens is 1. The Labute approximate surface area is 118 Å². The minimum Gasteiger partial charge on any atom is -0.396 e. The molecular weight excluding hydrogens is 264 g/mol. The van der Waals surface area contributed by atoms with E-state index in [2.05, 4.69) is 17.2 Å². The van der Waals surface area contributed by atoms with Gasteiger partial charge in [-0.2, -0.15) is 0 Å². The van der Waals surface area contributed by atoms with Crippen molar-refractivity contribution in [3.8, 4) is 0 Å². The monoisotopic (exact) mass is 282 g/mol. The van der Waals surface area contributed by atoms with Gasteiger partial charge in [-0.3, -0.25) is 4.79 Å². The van der Waals surface area contributed by atoms with E-state index in [1.165, 1.54) is 0 Å². The Morgan fingerprint density at radius 1 is 1.53 bits per heavy atom. The van der Waals surface area contributed by atoms with Gasteiger partial charge in [-0.25, -0.2) is 4.98 Å². The molecule has 1 amide bonds. The summed E-state index contributed by atoms with van der Waals surface area (Å²) in [6.07, 6.45) is 3.72. The number of aliphatic hydroxyl groups is 1. The highest BCUT2D eigenvalue weighted by Gasteiger charge is 2.42. The molecule has 2 rings (SSSR count). The molecule has 0 radical (unpaired) electrons. The van der Waals surface area contributed by atoms with Crippen LogP contribution in [0.2, 0.25) is 5.15 Å². The molecular formula is C14H19ClN2O2. The first-order valence-corrected chi connectivity index (χ1v) is 7.02. The minimum absolute atomic E-state index is 0.0846. The number of hydrogen-bond acceptors (Lipinski definition) is 3. The maximum absolute atomic E-state index is 12.1. The summed E-state index contributed by atoms with van der Waals surface area (Å²) < 4.78 is 0. The zero-order valence-corrected chi connectivity index (χ0v) is 11.8. The number of pyridine rings is 1. The number of aryl methyl sites for hydroxylation is 1. The van der Waals surface area contributed by atoms with E-state index in [9.17, 15) is 9.90 Å². The van der Waals surface area contributed by atoms with E-state index in [1.54, 1.807) is 12.1 Å². The lowest BCUT2D eigenvalue weighted by atomic mass is 10.1. The third-order valence-electron chi connectivity index (χ3n) is 3.53. The minimum atomic E-state index is -0.152. The summed E-state index contributed by atoms with van der Waals surface area (Å²) in [5.74, 6) is -0.152. The summed E-state index contributed by atoms with van der Waals surface area (Å²) in [5.41, 5.74) is 1.29. The fraction of sp³-hybridized carbons (Fsp3) is 0.571. The molecule has 0 atom stereocenters. The van der Waals surface area contributed by atoms with Crippen molar-refractivity contribution in [1.29, 1.82) is 0 Å². The van der Waals surface area contributed by atoms with E-state index in [0.717, 1.165) is 31.4 Å². The number of hydrogen-bond donors (Lipinski definition) is 2. The Balaban J connectivity index is 2.01. The summed E-state index contributed by atoms with van der Waals surface area (Å²) in [5, 5.41) is 12.4. The van der Waals surface area contributed by atoms with Crippen LogP contribution in [0.4, 0.5) is 0 Å². The first-order valence-electron chi connectivity index (χ1n) is 6.64. The molecule has 1 saturated carbocycles. The lowest BCUT2D eigenvalue weighted by Crippen LogP contribution is -2.32. The fourth-order valence-corrected chi connectivity index (χ4v) is 2.23. The Morgan fingerprint density at radius 2 is 2.26 bits per heavy atom. The van der Waals surface area contributed by atoms with Gasteiger partial charge in [0.2, 0.25) is 0 Å². The van der Waals surface area contributed by atoms with Gasteiger partial charge in [-0.1, -0.05) is 24.9 Å². The third-order valence-corrected chi connectivity index (χ3v) is 3.73. The average Bonchev–Trinajstić information content (AvgIpc) is 3.16. The van der Waals surface area contributed by atoms with Crippen LogP contribution in [-0.2, 0) is 6.42 Å². The van der Waals surface area contributed by atoms with Crippen molar-refractivity contribution in [1.82, 2.24) is 10.3 Å². The predicted octanol–water partition coefficient (Wildman–Crippen LogP) is 2.19. The molecule has 0 aromatic carbocycles. The SMILES string of the molecule is CCCc1cc(C(=O)NCC2(CO)CC2)cc(Cl)n1. The highest BCUT2D eigenvalue weighted by atomic mass is 35.5. The summed E-state index contributed by atoms with van der Waals surface area (Å²) in [4.78, 5) is 16.3. The molecule has 0 saturated heterocycles. The standard InChI is InChI=1S/C14H19ClN2O2/c1-2-3-11-6-10(7-12(15)17-11)13(19)16-8-14(9-18)4-5-14/h6-7,18H,2-5,8-9H2,1H3,(H,16,19). The first-order chi connectivity index (χ1) is 9.08. The van der Waals surface area contributed by atoms with Crippen molar-refractivity contribution < 1.29 is 9.90 Å². The lowest BCUT2D eigenvalue weighted by Gasteiger charge is -2.13. The number of rotatable bonds is 6. The van der Waals surface area contributed by atoms with E-state index in [-0.39, 0.29) is 17.9 Å². The van der Waals surface area contributed by atoms with Crippen LogP contribution >= 0.6 is 11.6 Å². The topological polar surface area (TPSA) is 62.2 Å². The highest BCUT2D eigenvalue weighted by Crippen LogP contribution is 2.44. The van der Waals surface area contributed by atoms with Crippen LogP contribution in [-0.4, -0.2) is 29.1 Å². The summed E-state index contributed by atoms with van der Waals surface area (Å²) in [7, 11) is 0. The molecule has 1 heterocycles. The van der Waals surface area contributed by atoms with Gasteiger partial charge in [0.1, 0.15) is 5.15 Å². The van der Waals surface area contributed by atoms with Gasteiger partial charge >= 0.3 is 0 Å². The van der Waals surface area contributed by atoms with Crippen LogP contribution in [0.1, 0.15) is 42.2 Å². The largest absolute Gasteiger partial charge is 0.396 e. The van der Waals surface area contributed by atoms with Crippen LogP contribution < -0.4 is 5.32 Å². The van der Waals surface area contributed by atoms with E-state index in [0.29, 0.717) is 17.3 Å². The van der Waals surface area contributed by atoms with Gasteiger partial charge in [-0.15, -0.1) is 0 Å². The smallest absolute Gasteiger partial charge is 0.251 e. The van der Waals surface area contributed by atoms with Gasteiger partial charge in [0.25, 0.3) is 5.91 Å². The van der Waals surface area contributed by atoms with Crippen molar-refractivity contribution in [3.63, 3.8) is 0 Å². The van der Waals surface area contributed by atoms with Crippen molar-refractivity contribution >= 4 is 17.5 Å². The second kappa shape index (κ2) is 5.88. The van der Waals surface area contributed by atoms with Crippen molar-refractivity contribution in [2.24, 2.45) is 5.41 Å². The molecule has 0 unspecified atom stereocenters. The summed E-state index contributed by atoms with van der Waals surface area (Å²) in [6.45, 7) is 2.71. The molecule has 5 heteroatoms. The molecule has 1 aliphatic carbocycles. The average molecular weight is 283 g/mol. The van der Waals surface area contributed by atoms with E-state index in [1.807, 2.05) is 0 Å². The van der Waals surface area contributed by atoms with E-state index in [4.69, 9.17) is 11.6 Å². The number of nitrogens with zero attached hydrogens (tertiary/aromatic N) is 1. The van der Waals surface area contributed by atoms with Crippen LogP contribution in [0.15, 0.2) is 12.1 Å². The molecule has 19 heavy (non-hydrogen) atoms. The molecule has 104 valence electrons. The number of nitrogens with one attached hydrogen (secondary N) is 1.